The van der Waals surface area contributed by atoms with E-state index in [1.807, 2.05) is 0 Å². The van der Waals surface area contributed by atoms with E-state index < -0.39 is 29.9 Å². The number of rotatable bonds is 4. The first-order valence-electron chi connectivity index (χ1n) is 9.34. The summed E-state index contributed by atoms with van der Waals surface area (Å²) >= 11 is 12.0. The van der Waals surface area contributed by atoms with Crippen LogP contribution in [-0.4, -0.2) is 22.5 Å². The number of hydrogen-bond acceptors (Lipinski definition) is 2. The van der Waals surface area contributed by atoms with Crippen molar-refractivity contribution in [3.63, 3.8) is 0 Å². The molecule has 4 nitrogen and oxygen atoms in total. The van der Waals surface area contributed by atoms with Gasteiger partial charge in [-0.1, -0.05) is 53.5 Å². The first kappa shape index (κ1) is 21.5. The predicted octanol–water partition coefficient (Wildman–Crippen LogP) is 6.26. The fourth-order valence-electron chi connectivity index (χ4n) is 3.72. The maximum atomic E-state index is 13.3. The van der Waals surface area contributed by atoms with Crippen LogP contribution in [0.5, 0.6) is 0 Å². The molecule has 0 spiro atoms. The van der Waals surface area contributed by atoms with Crippen molar-refractivity contribution in [2.24, 2.45) is 0 Å². The molecule has 1 aliphatic rings. The molecule has 160 valence electrons. The van der Waals surface area contributed by atoms with Gasteiger partial charge in [0.1, 0.15) is 5.15 Å². The first-order chi connectivity index (χ1) is 14.7. The van der Waals surface area contributed by atoms with Crippen LogP contribution in [0.25, 0.3) is 0 Å². The van der Waals surface area contributed by atoms with Crippen LogP contribution in [0.3, 0.4) is 0 Å². The molecule has 1 unspecified atom stereocenters. The summed E-state index contributed by atoms with van der Waals surface area (Å²) in [6.07, 6.45) is -2.93. The Hall–Kier alpha value is -2.77. The van der Waals surface area contributed by atoms with Crippen LogP contribution in [0.15, 0.2) is 66.9 Å². The van der Waals surface area contributed by atoms with Crippen LogP contribution >= 0.6 is 23.2 Å². The number of alkyl halides is 3. The molecule has 2 amide bonds. The summed E-state index contributed by atoms with van der Waals surface area (Å²) in [6, 6.07) is 13.7. The molecule has 0 saturated carbocycles. The summed E-state index contributed by atoms with van der Waals surface area (Å²) in [5.41, 5.74) is 1.03. The van der Waals surface area contributed by atoms with Crippen molar-refractivity contribution in [1.82, 2.24) is 15.2 Å². The highest BCUT2D eigenvalue weighted by Gasteiger charge is 2.40. The zero-order valence-corrected chi connectivity index (χ0v) is 17.4. The number of halogens is 5. The van der Waals surface area contributed by atoms with Gasteiger partial charge in [0, 0.05) is 17.8 Å². The van der Waals surface area contributed by atoms with Crippen molar-refractivity contribution in [3.05, 3.63) is 99.3 Å². The highest BCUT2D eigenvalue weighted by molar-refractivity contribution is 6.30. The first-order valence-corrected chi connectivity index (χ1v) is 10.1. The second kappa shape index (κ2) is 8.40. The minimum atomic E-state index is -4.48. The summed E-state index contributed by atoms with van der Waals surface area (Å²) in [5, 5.41) is 3.57. The molecule has 9 heteroatoms. The largest absolute Gasteiger partial charge is 0.416 e. The Morgan fingerprint density at radius 3 is 2.39 bits per heavy atom. The molecule has 0 aliphatic carbocycles. The van der Waals surface area contributed by atoms with Crippen LogP contribution in [0.4, 0.5) is 18.0 Å². The van der Waals surface area contributed by atoms with Gasteiger partial charge in [-0.3, -0.25) is 0 Å². The van der Waals surface area contributed by atoms with E-state index >= 15 is 0 Å². The average molecular weight is 466 g/mol. The maximum absolute atomic E-state index is 13.3. The van der Waals surface area contributed by atoms with Crippen molar-refractivity contribution < 1.29 is 18.0 Å². The minimum Gasteiger partial charge on any atom is -0.336 e. The minimum absolute atomic E-state index is 0.172. The normalized spacial score (nSPS) is 17.5. The van der Waals surface area contributed by atoms with Crippen molar-refractivity contribution in [1.29, 1.82) is 0 Å². The third-order valence-electron chi connectivity index (χ3n) is 5.15. The Bertz CT molecular complexity index is 1040. The Kier molecular flexibility index (Phi) is 5.81. The smallest absolute Gasteiger partial charge is 0.336 e. The number of nitrogens with zero attached hydrogens (tertiary/aromatic N) is 2. The van der Waals surface area contributed by atoms with E-state index in [0.717, 1.165) is 17.7 Å². The SMILES string of the molecule is O=C1NC[C@H](c2cccc(C(F)(F)F)c2)N1C(c1ccc(Cl)cc1)c1ccc(Cl)nc1. The molecular weight excluding hydrogens is 450 g/mol. The molecule has 1 fully saturated rings. The van der Waals surface area contributed by atoms with Crippen LogP contribution < -0.4 is 5.32 Å². The van der Waals surface area contributed by atoms with Crippen LogP contribution in [0.2, 0.25) is 10.2 Å². The molecule has 1 aromatic heterocycles. The summed E-state index contributed by atoms with van der Waals surface area (Å²) in [5.74, 6) is 0. The van der Waals surface area contributed by atoms with E-state index in [9.17, 15) is 18.0 Å². The van der Waals surface area contributed by atoms with E-state index in [1.165, 1.54) is 11.0 Å². The molecule has 2 aromatic carbocycles. The van der Waals surface area contributed by atoms with Gasteiger partial charge in [0.15, 0.2) is 0 Å². The Balaban J connectivity index is 1.81. The number of nitrogens with one attached hydrogen (secondary N) is 1. The molecule has 2 atom stereocenters. The van der Waals surface area contributed by atoms with E-state index in [0.29, 0.717) is 21.3 Å². The van der Waals surface area contributed by atoms with Gasteiger partial charge in [-0.25, -0.2) is 9.78 Å². The van der Waals surface area contributed by atoms with Crippen molar-refractivity contribution in [3.8, 4) is 0 Å². The van der Waals surface area contributed by atoms with Crippen molar-refractivity contribution in [2.45, 2.75) is 18.3 Å². The lowest BCUT2D eigenvalue weighted by atomic mass is 9.95. The third kappa shape index (κ3) is 4.48. The van der Waals surface area contributed by atoms with E-state index in [4.69, 9.17) is 23.2 Å². The number of carbonyl (C=O) groups is 1. The zero-order chi connectivity index (χ0) is 22.2. The lowest BCUT2D eigenvalue weighted by molar-refractivity contribution is -0.137. The maximum Gasteiger partial charge on any atom is 0.416 e. The van der Waals surface area contributed by atoms with Gasteiger partial charge >= 0.3 is 12.2 Å². The summed E-state index contributed by atoms with van der Waals surface area (Å²) < 4.78 is 39.8. The molecule has 0 bridgehead atoms. The Labute approximate surface area is 186 Å². The quantitative estimate of drug-likeness (QED) is 0.461. The average Bonchev–Trinajstić information content (AvgIpc) is 3.12. The van der Waals surface area contributed by atoms with Crippen LogP contribution in [0.1, 0.15) is 34.3 Å². The molecule has 0 radical (unpaired) electrons. The number of benzene rings is 2. The number of amides is 2. The topological polar surface area (TPSA) is 45.2 Å². The van der Waals surface area contributed by atoms with Crippen molar-refractivity contribution in [2.75, 3.05) is 6.54 Å². The number of hydrogen-bond donors (Lipinski definition) is 1. The highest BCUT2D eigenvalue weighted by atomic mass is 35.5. The number of aromatic nitrogens is 1. The second-order valence-electron chi connectivity index (χ2n) is 7.10. The Morgan fingerprint density at radius 1 is 1.03 bits per heavy atom. The fourth-order valence-corrected chi connectivity index (χ4v) is 3.96. The van der Waals surface area contributed by atoms with Gasteiger partial charge < -0.3 is 10.2 Å². The van der Waals surface area contributed by atoms with E-state index in [-0.39, 0.29) is 6.54 Å². The van der Waals surface area contributed by atoms with E-state index in [1.54, 1.807) is 48.7 Å². The predicted molar refractivity (Wildman–Crippen MR) is 112 cm³/mol. The highest BCUT2D eigenvalue weighted by Crippen LogP contribution is 2.39. The van der Waals surface area contributed by atoms with Gasteiger partial charge in [-0.05, 0) is 47.0 Å². The van der Waals surface area contributed by atoms with Gasteiger partial charge in [-0.15, -0.1) is 0 Å². The molecule has 3 aromatic rings. The standard InChI is InChI=1S/C22H16Cl2F3N3O/c23-17-7-4-13(5-8-17)20(15-6-9-19(24)28-11-15)30-18(12-29-21(30)31)14-2-1-3-16(10-14)22(25,26)27/h1-11,18,20H,12H2,(H,29,31)/t18-,20?/m1/s1. The van der Waals surface area contributed by atoms with Crippen molar-refractivity contribution >= 4 is 29.2 Å². The van der Waals surface area contributed by atoms with Gasteiger partial charge in [-0.2, -0.15) is 13.2 Å². The van der Waals surface area contributed by atoms with Gasteiger partial charge in [0.05, 0.1) is 17.6 Å². The van der Waals surface area contributed by atoms with E-state index in [2.05, 4.69) is 10.3 Å². The van der Waals surface area contributed by atoms with Gasteiger partial charge in [0.2, 0.25) is 0 Å². The molecule has 1 saturated heterocycles. The van der Waals surface area contributed by atoms with Crippen LogP contribution in [-0.2, 0) is 6.18 Å². The number of urea groups is 1. The lowest BCUT2D eigenvalue weighted by Crippen LogP contribution is -2.34. The lowest BCUT2D eigenvalue weighted by Gasteiger charge is -2.33. The number of pyridine rings is 1. The molecule has 4 rings (SSSR count). The summed E-state index contributed by atoms with van der Waals surface area (Å²) in [4.78, 5) is 18.5. The second-order valence-corrected chi connectivity index (χ2v) is 7.92. The third-order valence-corrected chi connectivity index (χ3v) is 5.62. The zero-order valence-electron chi connectivity index (χ0n) is 15.9. The number of carbonyl (C=O) groups excluding carboxylic acids is 1. The van der Waals surface area contributed by atoms with Gasteiger partial charge in [0.25, 0.3) is 0 Å². The molecule has 1 aliphatic heterocycles. The summed E-state index contributed by atoms with van der Waals surface area (Å²) in [7, 11) is 0. The Morgan fingerprint density at radius 2 is 1.74 bits per heavy atom. The monoisotopic (exact) mass is 465 g/mol. The molecule has 31 heavy (non-hydrogen) atoms. The fraction of sp³-hybridized carbons (Fsp3) is 0.182. The molecular formula is C22H16Cl2F3N3O. The summed E-state index contributed by atoms with van der Waals surface area (Å²) in [6.45, 7) is 0.172. The molecule has 1 N–H and O–H groups in total. The van der Waals surface area contributed by atoms with Crippen LogP contribution in [0, 0.1) is 0 Å². The molecule has 2 heterocycles.